The molecule has 0 saturated carbocycles. The summed E-state index contributed by atoms with van der Waals surface area (Å²) < 4.78 is 27.3. The SMILES string of the molecule is Cc1ccc(S(=O)(=O)N2CCN(CC(=O)NCCC(C)C)CC2)c(C)c1. The highest BCUT2D eigenvalue weighted by atomic mass is 32.2. The molecule has 1 heterocycles. The van der Waals surface area contributed by atoms with E-state index in [1.807, 2.05) is 30.9 Å². The van der Waals surface area contributed by atoms with Crippen molar-refractivity contribution in [3.05, 3.63) is 29.3 Å². The van der Waals surface area contributed by atoms with Gasteiger partial charge in [0.1, 0.15) is 0 Å². The zero-order valence-corrected chi connectivity index (χ0v) is 17.1. The van der Waals surface area contributed by atoms with Crippen molar-refractivity contribution in [2.45, 2.75) is 39.0 Å². The van der Waals surface area contributed by atoms with E-state index in [1.165, 1.54) is 4.31 Å². The van der Waals surface area contributed by atoms with Gasteiger partial charge in [0.15, 0.2) is 0 Å². The van der Waals surface area contributed by atoms with E-state index < -0.39 is 10.0 Å². The van der Waals surface area contributed by atoms with E-state index in [0.29, 0.717) is 50.1 Å². The van der Waals surface area contributed by atoms with Gasteiger partial charge in [0.05, 0.1) is 11.4 Å². The first-order chi connectivity index (χ1) is 12.2. The molecule has 2 rings (SSSR count). The van der Waals surface area contributed by atoms with Crippen molar-refractivity contribution in [2.24, 2.45) is 5.92 Å². The fraction of sp³-hybridized carbons (Fsp3) is 0.632. The van der Waals surface area contributed by atoms with Gasteiger partial charge in [-0.3, -0.25) is 9.69 Å². The monoisotopic (exact) mass is 381 g/mol. The van der Waals surface area contributed by atoms with Crippen LogP contribution in [0.15, 0.2) is 23.1 Å². The first-order valence-electron chi connectivity index (χ1n) is 9.26. The molecular weight excluding hydrogens is 350 g/mol. The number of nitrogens with one attached hydrogen (secondary N) is 1. The number of piperazine rings is 1. The summed E-state index contributed by atoms with van der Waals surface area (Å²) in [5.74, 6) is 0.575. The Morgan fingerprint density at radius 3 is 2.38 bits per heavy atom. The smallest absolute Gasteiger partial charge is 0.243 e. The Morgan fingerprint density at radius 1 is 1.15 bits per heavy atom. The molecule has 1 aromatic carbocycles. The van der Waals surface area contributed by atoms with Gasteiger partial charge in [-0.05, 0) is 37.8 Å². The summed E-state index contributed by atoms with van der Waals surface area (Å²) >= 11 is 0. The standard InChI is InChI=1S/C19H31N3O3S/c1-15(2)7-8-20-19(23)14-21-9-11-22(12-10-21)26(24,25)18-6-5-16(3)13-17(18)4/h5-6,13,15H,7-12,14H2,1-4H3,(H,20,23). The molecule has 0 spiro atoms. The summed E-state index contributed by atoms with van der Waals surface area (Å²) in [6.07, 6.45) is 0.966. The molecule has 1 fully saturated rings. The van der Waals surface area contributed by atoms with Crippen LogP contribution in [0.25, 0.3) is 0 Å². The number of sulfonamides is 1. The van der Waals surface area contributed by atoms with E-state index >= 15 is 0 Å². The number of carbonyl (C=O) groups excluding carboxylic acids is 1. The highest BCUT2D eigenvalue weighted by Crippen LogP contribution is 2.22. The third kappa shape index (κ3) is 5.53. The van der Waals surface area contributed by atoms with Crippen molar-refractivity contribution in [3.8, 4) is 0 Å². The summed E-state index contributed by atoms with van der Waals surface area (Å²) in [6, 6.07) is 5.41. The molecule has 0 aromatic heterocycles. The molecule has 7 heteroatoms. The summed E-state index contributed by atoms with van der Waals surface area (Å²) in [5.41, 5.74) is 1.83. The fourth-order valence-electron chi connectivity index (χ4n) is 3.12. The summed E-state index contributed by atoms with van der Waals surface area (Å²) in [6.45, 7) is 11.0. The van der Waals surface area contributed by atoms with Crippen LogP contribution in [0.5, 0.6) is 0 Å². The Balaban J connectivity index is 1.88. The van der Waals surface area contributed by atoms with Gasteiger partial charge in [0.25, 0.3) is 0 Å². The molecule has 0 radical (unpaired) electrons. The van der Waals surface area contributed by atoms with Crippen molar-refractivity contribution < 1.29 is 13.2 Å². The number of hydrogen-bond acceptors (Lipinski definition) is 4. The molecule has 1 N–H and O–H groups in total. The van der Waals surface area contributed by atoms with Gasteiger partial charge in [-0.2, -0.15) is 4.31 Å². The largest absolute Gasteiger partial charge is 0.355 e. The van der Waals surface area contributed by atoms with Crippen molar-refractivity contribution >= 4 is 15.9 Å². The first kappa shape index (κ1) is 20.9. The molecule has 1 aromatic rings. The lowest BCUT2D eigenvalue weighted by Crippen LogP contribution is -2.51. The lowest BCUT2D eigenvalue weighted by Gasteiger charge is -2.33. The maximum atomic E-state index is 12.9. The Morgan fingerprint density at radius 2 is 1.81 bits per heavy atom. The van der Waals surface area contributed by atoms with E-state index in [9.17, 15) is 13.2 Å². The molecule has 1 aliphatic heterocycles. The Labute approximate surface area is 157 Å². The predicted octanol–water partition coefficient (Wildman–Crippen LogP) is 1.77. The maximum absolute atomic E-state index is 12.9. The number of hydrogen-bond donors (Lipinski definition) is 1. The lowest BCUT2D eigenvalue weighted by molar-refractivity contribution is -0.122. The van der Waals surface area contributed by atoms with Crippen LogP contribution in [0.4, 0.5) is 0 Å². The van der Waals surface area contributed by atoms with E-state index in [0.717, 1.165) is 17.5 Å². The average Bonchev–Trinajstić information content (AvgIpc) is 2.54. The van der Waals surface area contributed by atoms with Gasteiger partial charge in [0, 0.05) is 32.7 Å². The van der Waals surface area contributed by atoms with Crippen LogP contribution < -0.4 is 5.32 Å². The summed E-state index contributed by atoms with van der Waals surface area (Å²) in [4.78, 5) is 14.4. The van der Waals surface area contributed by atoms with Crippen molar-refractivity contribution in [2.75, 3.05) is 39.3 Å². The van der Waals surface area contributed by atoms with Crippen molar-refractivity contribution in [3.63, 3.8) is 0 Å². The number of nitrogens with zero attached hydrogens (tertiary/aromatic N) is 2. The number of amides is 1. The fourth-order valence-corrected chi connectivity index (χ4v) is 4.74. The van der Waals surface area contributed by atoms with Crippen LogP contribution in [0.2, 0.25) is 0 Å². The van der Waals surface area contributed by atoms with Gasteiger partial charge < -0.3 is 5.32 Å². The third-order valence-electron chi connectivity index (χ3n) is 4.69. The van der Waals surface area contributed by atoms with Gasteiger partial charge >= 0.3 is 0 Å². The summed E-state index contributed by atoms with van der Waals surface area (Å²) in [7, 11) is -3.48. The molecule has 1 amide bonds. The van der Waals surface area contributed by atoms with Gasteiger partial charge in [-0.1, -0.05) is 31.5 Å². The Bertz CT molecular complexity index is 724. The van der Waals surface area contributed by atoms with Crippen molar-refractivity contribution in [1.29, 1.82) is 0 Å². The van der Waals surface area contributed by atoms with Crippen LogP contribution in [0.1, 0.15) is 31.4 Å². The molecule has 1 aliphatic rings. The molecule has 0 unspecified atom stereocenters. The number of aryl methyl sites for hydroxylation is 2. The topological polar surface area (TPSA) is 69.7 Å². The first-order valence-corrected chi connectivity index (χ1v) is 10.7. The van der Waals surface area contributed by atoms with E-state index in [4.69, 9.17) is 0 Å². The van der Waals surface area contributed by atoms with Crippen LogP contribution in [-0.2, 0) is 14.8 Å². The summed E-state index contributed by atoms with van der Waals surface area (Å²) in [5, 5.41) is 2.93. The number of carbonyl (C=O) groups is 1. The average molecular weight is 382 g/mol. The maximum Gasteiger partial charge on any atom is 0.243 e. The highest BCUT2D eigenvalue weighted by molar-refractivity contribution is 7.89. The second-order valence-electron chi connectivity index (χ2n) is 7.48. The highest BCUT2D eigenvalue weighted by Gasteiger charge is 2.30. The van der Waals surface area contributed by atoms with Crippen LogP contribution in [-0.4, -0.2) is 62.8 Å². The van der Waals surface area contributed by atoms with Crippen LogP contribution in [0.3, 0.4) is 0 Å². The number of benzene rings is 1. The lowest BCUT2D eigenvalue weighted by atomic mass is 10.1. The van der Waals surface area contributed by atoms with E-state index in [1.54, 1.807) is 6.07 Å². The molecule has 146 valence electrons. The molecule has 0 atom stereocenters. The van der Waals surface area contributed by atoms with Crippen LogP contribution >= 0.6 is 0 Å². The molecular formula is C19H31N3O3S. The molecule has 26 heavy (non-hydrogen) atoms. The molecule has 0 bridgehead atoms. The van der Waals surface area contributed by atoms with Gasteiger partial charge in [0.2, 0.25) is 15.9 Å². The molecule has 0 aliphatic carbocycles. The van der Waals surface area contributed by atoms with E-state index in [2.05, 4.69) is 19.2 Å². The zero-order chi connectivity index (χ0) is 19.3. The third-order valence-corrected chi connectivity index (χ3v) is 6.75. The Kier molecular flexibility index (Phi) is 7.20. The van der Waals surface area contributed by atoms with Gasteiger partial charge in [-0.25, -0.2) is 8.42 Å². The number of rotatable bonds is 7. The minimum atomic E-state index is -3.48. The van der Waals surface area contributed by atoms with Gasteiger partial charge in [-0.15, -0.1) is 0 Å². The van der Waals surface area contributed by atoms with E-state index in [-0.39, 0.29) is 5.91 Å². The molecule has 6 nitrogen and oxygen atoms in total. The quantitative estimate of drug-likeness (QED) is 0.782. The second-order valence-corrected chi connectivity index (χ2v) is 9.39. The van der Waals surface area contributed by atoms with Crippen molar-refractivity contribution in [1.82, 2.24) is 14.5 Å². The minimum Gasteiger partial charge on any atom is -0.355 e. The van der Waals surface area contributed by atoms with Crippen LogP contribution in [0, 0.1) is 19.8 Å². The minimum absolute atomic E-state index is 0.0105. The second kappa shape index (κ2) is 8.97. The Hall–Kier alpha value is -1.44. The zero-order valence-electron chi connectivity index (χ0n) is 16.3. The molecule has 1 saturated heterocycles. The normalized spacial score (nSPS) is 16.8. The predicted molar refractivity (Wildman–Crippen MR) is 104 cm³/mol.